The van der Waals surface area contributed by atoms with E-state index in [1.54, 1.807) is 0 Å². The second-order valence-corrected chi connectivity index (χ2v) is 5.31. The van der Waals surface area contributed by atoms with E-state index in [0.717, 1.165) is 36.8 Å². The number of nitrogens with two attached hydrogens (primary N) is 1. The van der Waals surface area contributed by atoms with Gasteiger partial charge in [-0.2, -0.15) is 4.37 Å². The molecule has 0 fully saturated rings. The van der Waals surface area contributed by atoms with Crippen molar-refractivity contribution in [2.45, 2.75) is 32.2 Å². The third-order valence-corrected chi connectivity index (χ3v) is 3.70. The van der Waals surface area contributed by atoms with E-state index < -0.39 is 0 Å². The van der Waals surface area contributed by atoms with Gasteiger partial charge in [-0.25, -0.2) is 4.98 Å². The predicted molar refractivity (Wildman–Crippen MR) is 80.5 cm³/mol. The van der Waals surface area contributed by atoms with Gasteiger partial charge in [0.2, 0.25) is 5.13 Å². The van der Waals surface area contributed by atoms with Gasteiger partial charge in [-0.05, 0) is 18.4 Å². The molecule has 19 heavy (non-hydrogen) atoms. The summed E-state index contributed by atoms with van der Waals surface area (Å²) in [6.07, 6.45) is 2.76. The third kappa shape index (κ3) is 4.61. The molecule has 3 N–H and O–H groups in total. The summed E-state index contributed by atoms with van der Waals surface area (Å²) in [6.45, 7) is 2.96. The van der Waals surface area contributed by atoms with Gasteiger partial charge in [0.1, 0.15) is 5.82 Å². The molecule has 0 aliphatic heterocycles. The summed E-state index contributed by atoms with van der Waals surface area (Å²) in [5, 5.41) is 4.16. The lowest BCUT2D eigenvalue weighted by molar-refractivity contribution is 0.613. The maximum absolute atomic E-state index is 5.87. The highest BCUT2D eigenvalue weighted by atomic mass is 32.1. The lowest BCUT2D eigenvalue weighted by Crippen LogP contribution is -2.22. The first-order valence-corrected chi connectivity index (χ1v) is 7.41. The van der Waals surface area contributed by atoms with E-state index in [0.29, 0.717) is 0 Å². The minimum absolute atomic E-state index is 0.268. The van der Waals surface area contributed by atoms with Crippen LogP contribution in [-0.4, -0.2) is 21.9 Å². The summed E-state index contributed by atoms with van der Waals surface area (Å²) in [7, 11) is 0. The number of hydrogen-bond acceptors (Lipinski definition) is 5. The molecule has 1 unspecified atom stereocenters. The molecule has 0 saturated carbocycles. The summed E-state index contributed by atoms with van der Waals surface area (Å²) in [5.41, 5.74) is 7.11. The molecule has 0 spiro atoms. The minimum atomic E-state index is 0.268. The molecule has 2 aromatic rings. The highest BCUT2D eigenvalue weighted by molar-refractivity contribution is 7.09. The summed E-state index contributed by atoms with van der Waals surface area (Å²) in [4.78, 5) is 4.48. The van der Waals surface area contributed by atoms with Crippen LogP contribution in [0.1, 0.15) is 31.2 Å². The fourth-order valence-corrected chi connectivity index (χ4v) is 2.35. The molecule has 0 aliphatic carbocycles. The predicted octanol–water partition coefficient (Wildman–Crippen LogP) is 2.67. The highest BCUT2D eigenvalue weighted by Gasteiger charge is 2.05. The molecule has 5 heteroatoms. The van der Waals surface area contributed by atoms with Gasteiger partial charge in [0.25, 0.3) is 0 Å². The molecular weight excluding hydrogens is 256 g/mol. The van der Waals surface area contributed by atoms with Gasteiger partial charge < -0.3 is 11.1 Å². The smallest absolute Gasteiger partial charge is 0.202 e. The van der Waals surface area contributed by atoms with Crippen LogP contribution in [0, 0.1) is 0 Å². The molecule has 102 valence electrons. The number of anilines is 1. The van der Waals surface area contributed by atoms with Crippen LogP contribution in [0.15, 0.2) is 30.3 Å². The number of rotatable bonds is 7. The first-order chi connectivity index (χ1) is 9.28. The third-order valence-electron chi connectivity index (χ3n) is 2.99. The van der Waals surface area contributed by atoms with Crippen molar-refractivity contribution in [2.75, 3.05) is 11.9 Å². The van der Waals surface area contributed by atoms with Crippen molar-refractivity contribution in [1.29, 1.82) is 0 Å². The van der Waals surface area contributed by atoms with E-state index in [4.69, 9.17) is 5.73 Å². The van der Waals surface area contributed by atoms with Gasteiger partial charge in [-0.15, -0.1) is 0 Å². The van der Waals surface area contributed by atoms with E-state index in [1.165, 1.54) is 17.1 Å². The molecule has 1 heterocycles. The van der Waals surface area contributed by atoms with Gasteiger partial charge in [0, 0.05) is 30.5 Å². The zero-order valence-electron chi connectivity index (χ0n) is 11.2. The molecule has 0 radical (unpaired) electrons. The van der Waals surface area contributed by atoms with Gasteiger partial charge in [-0.1, -0.05) is 37.3 Å². The summed E-state index contributed by atoms with van der Waals surface area (Å²) >= 11 is 1.42. The van der Waals surface area contributed by atoms with Crippen molar-refractivity contribution in [3.05, 3.63) is 41.7 Å². The molecule has 1 aromatic carbocycles. The molecule has 0 amide bonds. The van der Waals surface area contributed by atoms with Crippen molar-refractivity contribution in [3.8, 4) is 0 Å². The van der Waals surface area contributed by atoms with Crippen molar-refractivity contribution in [3.63, 3.8) is 0 Å². The highest BCUT2D eigenvalue weighted by Crippen LogP contribution is 2.14. The molecule has 4 nitrogen and oxygen atoms in total. The van der Waals surface area contributed by atoms with E-state index >= 15 is 0 Å². The van der Waals surface area contributed by atoms with Crippen LogP contribution in [0.2, 0.25) is 0 Å². The summed E-state index contributed by atoms with van der Waals surface area (Å²) < 4.78 is 4.37. The van der Waals surface area contributed by atoms with Crippen LogP contribution >= 0.6 is 11.5 Å². The van der Waals surface area contributed by atoms with Crippen molar-refractivity contribution in [1.82, 2.24) is 9.36 Å². The molecule has 1 atom stereocenters. The lowest BCUT2D eigenvalue weighted by atomic mass is 10.1. The number of hydrogen-bond donors (Lipinski definition) is 2. The van der Waals surface area contributed by atoms with Gasteiger partial charge >= 0.3 is 0 Å². The normalized spacial score (nSPS) is 12.3. The maximum Gasteiger partial charge on any atom is 0.202 e. The standard InChI is InChI=1S/C14H20N4S/c1-2-12(15)8-9-16-14-17-13(18-19-14)10-11-6-4-3-5-7-11/h3-7,12H,2,8-10,15H2,1H3,(H,16,17,18). The Balaban J connectivity index is 1.82. The van der Waals surface area contributed by atoms with Crippen molar-refractivity contribution < 1.29 is 0 Å². The fraction of sp³-hybridized carbons (Fsp3) is 0.429. The number of aromatic nitrogens is 2. The average molecular weight is 276 g/mol. The van der Waals surface area contributed by atoms with Gasteiger partial charge in [-0.3, -0.25) is 0 Å². The van der Waals surface area contributed by atoms with Crippen LogP contribution in [-0.2, 0) is 6.42 Å². The molecule has 0 bridgehead atoms. The first-order valence-electron chi connectivity index (χ1n) is 6.64. The van der Waals surface area contributed by atoms with Crippen LogP contribution in [0.4, 0.5) is 5.13 Å². The second-order valence-electron chi connectivity index (χ2n) is 4.56. The first kappa shape index (κ1) is 14.0. The van der Waals surface area contributed by atoms with E-state index in [-0.39, 0.29) is 6.04 Å². The number of nitrogens with one attached hydrogen (secondary N) is 1. The number of nitrogens with zero attached hydrogens (tertiary/aromatic N) is 2. The molecule has 2 rings (SSSR count). The molecule has 1 aromatic heterocycles. The van der Waals surface area contributed by atoms with Crippen LogP contribution in [0.3, 0.4) is 0 Å². The second kappa shape index (κ2) is 7.21. The topological polar surface area (TPSA) is 63.8 Å². The van der Waals surface area contributed by atoms with E-state index in [2.05, 4.69) is 33.7 Å². The van der Waals surface area contributed by atoms with Crippen molar-refractivity contribution >= 4 is 16.7 Å². The summed E-state index contributed by atoms with van der Waals surface area (Å²) in [5.74, 6) is 0.874. The number of benzene rings is 1. The largest absolute Gasteiger partial charge is 0.360 e. The Morgan fingerprint density at radius 2 is 2.11 bits per heavy atom. The Kier molecular flexibility index (Phi) is 5.30. The maximum atomic E-state index is 5.87. The minimum Gasteiger partial charge on any atom is -0.360 e. The zero-order valence-corrected chi connectivity index (χ0v) is 12.0. The lowest BCUT2D eigenvalue weighted by Gasteiger charge is -2.07. The van der Waals surface area contributed by atoms with Gasteiger partial charge in [0.15, 0.2) is 0 Å². The Labute approximate surface area is 118 Å². The monoisotopic (exact) mass is 276 g/mol. The van der Waals surface area contributed by atoms with Crippen LogP contribution < -0.4 is 11.1 Å². The Hall–Kier alpha value is -1.46. The van der Waals surface area contributed by atoms with E-state index in [9.17, 15) is 0 Å². The van der Waals surface area contributed by atoms with Crippen LogP contribution in [0.5, 0.6) is 0 Å². The average Bonchev–Trinajstić information content (AvgIpc) is 2.87. The molecule has 0 saturated heterocycles. The fourth-order valence-electron chi connectivity index (χ4n) is 1.74. The Morgan fingerprint density at radius 1 is 1.32 bits per heavy atom. The summed E-state index contributed by atoms with van der Waals surface area (Å²) in [6, 6.07) is 10.5. The SMILES string of the molecule is CCC(N)CCNc1nc(Cc2ccccc2)ns1. The van der Waals surface area contributed by atoms with Gasteiger partial charge in [0.05, 0.1) is 0 Å². The molecule has 0 aliphatic rings. The zero-order chi connectivity index (χ0) is 13.5. The quantitative estimate of drug-likeness (QED) is 0.816. The Bertz CT molecular complexity index is 483. The van der Waals surface area contributed by atoms with E-state index in [1.807, 2.05) is 18.2 Å². The van der Waals surface area contributed by atoms with Crippen LogP contribution in [0.25, 0.3) is 0 Å². The van der Waals surface area contributed by atoms with Crippen molar-refractivity contribution in [2.24, 2.45) is 5.73 Å². The Morgan fingerprint density at radius 3 is 2.84 bits per heavy atom. The molecular formula is C14H20N4S.